The van der Waals surface area contributed by atoms with Crippen molar-refractivity contribution in [3.8, 4) is 11.1 Å². The van der Waals surface area contributed by atoms with E-state index in [-0.39, 0.29) is 32.1 Å². The maximum absolute atomic E-state index is 14.4. The fourth-order valence-electron chi connectivity index (χ4n) is 9.10. The summed E-state index contributed by atoms with van der Waals surface area (Å²) in [4.78, 5) is 111. The van der Waals surface area contributed by atoms with Gasteiger partial charge in [-0.3, -0.25) is 33.6 Å². The Bertz CT molecular complexity index is 2670. The minimum absolute atomic E-state index is 0.0275. The van der Waals surface area contributed by atoms with E-state index in [1.807, 2.05) is 135 Å². The number of rotatable bonds is 16. The summed E-state index contributed by atoms with van der Waals surface area (Å²) in [5, 5.41) is 11.3. The van der Waals surface area contributed by atoms with Gasteiger partial charge in [0.15, 0.2) is 11.6 Å². The first kappa shape index (κ1) is 52.6. The first-order chi connectivity index (χ1) is 34.0. The minimum Gasteiger partial charge on any atom is -0.467 e. The summed E-state index contributed by atoms with van der Waals surface area (Å²) >= 11 is 0. The summed E-state index contributed by atoms with van der Waals surface area (Å²) in [5.74, 6) is -5.33. The lowest BCUT2D eigenvalue weighted by atomic mass is 9.77. The van der Waals surface area contributed by atoms with Crippen molar-refractivity contribution in [2.45, 2.75) is 103 Å². The average molecular weight is 962 g/mol. The topological polar surface area (TPSA) is 197 Å². The smallest absolute Gasteiger partial charge is 0.328 e. The molecule has 5 aromatic carbocycles. The Balaban J connectivity index is 1.19. The molecule has 0 saturated heterocycles. The number of hydrogen-bond acceptors (Lipinski definition) is 9. The van der Waals surface area contributed by atoms with Crippen molar-refractivity contribution >= 4 is 47.1 Å². The maximum Gasteiger partial charge on any atom is 0.328 e. The van der Waals surface area contributed by atoms with Crippen molar-refractivity contribution in [1.29, 1.82) is 0 Å². The number of nitrogens with one attached hydrogen (secondary N) is 4. The standard InChI is InChI=1S/C57H63N5O9/c1-8-50(65)59-46(34-51(66)61-57(41-18-12-9-13-19-41,42-20-14-10-15-21-42)43-22-16-11-17-23-43)55(69)58-38(5)48(63)28-29-52(67)62(6)53-40-27-25-36(3)45(33-40)44-31-39(26-24-35(44)2)32-47(56(70)71-7)60-54(68)37(4)30-49(53)64/h9-27,31,33,37-38,46-47,53H,8,28-30,32,34H2,1-7H3,(H,58,69)(H,59,65)(H,60,68)(H,61,66)/t37-,38-,46-,47+,53+/m1/s1. The summed E-state index contributed by atoms with van der Waals surface area (Å²) in [6.45, 7) is 8.53. The van der Waals surface area contributed by atoms with E-state index in [2.05, 4.69) is 21.3 Å². The first-order valence-electron chi connectivity index (χ1n) is 23.9. The van der Waals surface area contributed by atoms with Gasteiger partial charge in [-0.25, -0.2) is 4.79 Å². The number of hydrogen-bond donors (Lipinski definition) is 4. The van der Waals surface area contributed by atoms with Crippen molar-refractivity contribution in [1.82, 2.24) is 26.2 Å². The number of Topliss-reactive ketones (excluding diaryl/α,β-unsaturated/α-hetero) is 2. The highest BCUT2D eigenvalue weighted by atomic mass is 16.5. The molecule has 0 unspecified atom stereocenters. The summed E-state index contributed by atoms with van der Waals surface area (Å²) in [7, 11) is 2.72. The zero-order chi connectivity index (χ0) is 51.4. The van der Waals surface area contributed by atoms with Crippen molar-refractivity contribution < 1.29 is 43.1 Å². The summed E-state index contributed by atoms with van der Waals surface area (Å²) in [6.07, 6.45) is -1.18. The molecule has 0 saturated carbocycles. The second-order valence-corrected chi connectivity index (χ2v) is 18.3. The van der Waals surface area contributed by atoms with Crippen LogP contribution in [0.15, 0.2) is 127 Å². The van der Waals surface area contributed by atoms with E-state index in [4.69, 9.17) is 4.74 Å². The molecule has 5 amide bonds. The average Bonchev–Trinajstić information content (AvgIpc) is 3.37. The summed E-state index contributed by atoms with van der Waals surface area (Å²) in [6, 6.07) is 34.9. The number of ether oxygens (including phenoxy) is 1. The first-order valence-corrected chi connectivity index (χ1v) is 23.9. The van der Waals surface area contributed by atoms with Crippen LogP contribution < -0.4 is 21.3 Å². The fourth-order valence-corrected chi connectivity index (χ4v) is 9.10. The molecule has 5 aromatic rings. The molecule has 14 nitrogen and oxygen atoms in total. The van der Waals surface area contributed by atoms with Crippen molar-refractivity contribution in [2.24, 2.45) is 5.92 Å². The zero-order valence-electron chi connectivity index (χ0n) is 41.4. The van der Waals surface area contributed by atoms with Gasteiger partial charge < -0.3 is 30.9 Å². The minimum atomic E-state index is -1.37. The molecule has 6 rings (SSSR count). The van der Waals surface area contributed by atoms with E-state index in [0.29, 0.717) is 5.56 Å². The Hall–Kier alpha value is -7.74. The Kier molecular flexibility index (Phi) is 17.6. The third-order valence-corrected chi connectivity index (χ3v) is 13.2. The molecule has 71 heavy (non-hydrogen) atoms. The van der Waals surface area contributed by atoms with Gasteiger partial charge >= 0.3 is 5.97 Å². The van der Waals surface area contributed by atoms with Crippen molar-refractivity contribution in [2.75, 3.05) is 14.2 Å². The lowest BCUT2D eigenvalue weighted by Gasteiger charge is -2.37. The molecule has 370 valence electrons. The van der Waals surface area contributed by atoms with Gasteiger partial charge in [-0.2, -0.15) is 0 Å². The number of amides is 5. The van der Waals surface area contributed by atoms with Crippen LogP contribution in [0.1, 0.15) is 97.9 Å². The second-order valence-electron chi connectivity index (χ2n) is 18.3. The van der Waals surface area contributed by atoms with E-state index < -0.39 is 89.1 Å². The maximum atomic E-state index is 14.4. The van der Waals surface area contributed by atoms with Crippen LogP contribution in [0.25, 0.3) is 11.1 Å². The zero-order valence-corrected chi connectivity index (χ0v) is 41.4. The van der Waals surface area contributed by atoms with Crippen LogP contribution in [0.4, 0.5) is 0 Å². The van der Waals surface area contributed by atoms with Crippen LogP contribution >= 0.6 is 0 Å². The molecule has 4 bridgehead atoms. The molecule has 14 heteroatoms. The largest absolute Gasteiger partial charge is 0.467 e. The van der Waals surface area contributed by atoms with Crippen LogP contribution in [-0.2, 0) is 55.1 Å². The van der Waals surface area contributed by atoms with Crippen molar-refractivity contribution in [3.05, 3.63) is 166 Å². The number of benzene rings is 5. The molecular formula is C57H63N5O9. The quantitative estimate of drug-likeness (QED) is 0.0628. The molecule has 5 atom stereocenters. The van der Waals surface area contributed by atoms with E-state index in [9.17, 15) is 38.4 Å². The Morgan fingerprint density at radius 3 is 1.83 bits per heavy atom. The number of methoxy groups -OCH3 is 1. The monoisotopic (exact) mass is 961 g/mol. The van der Waals surface area contributed by atoms with E-state index in [0.717, 1.165) is 44.5 Å². The molecule has 1 heterocycles. The number of aryl methyl sites for hydroxylation is 2. The summed E-state index contributed by atoms with van der Waals surface area (Å²) < 4.78 is 5.02. The predicted molar refractivity (Wildman–Crippen MR) is 269 cm³/mol. The van der Waals surface area contributed by atoms with Gasteiger partial charge in [-0.15, -0.1) is 0 Å². The van der Waals surface area contributed by atoms with E-state index >= 15 is 0 Å². The molecule has 4 N–H and O–H groups in total. The molecule has 0 radical (unpaired) electrons. The molecule has 0 aliphatic carbocycles. The van der Waals surface area contributed by atoms with Gasteiger partial charge in [-0.05, 0) is 76.9 Å². The summed E-state index contributed by atoms with van der Waals surface area (Å²) in [5.41, 5.74) is 5.89. The third kappa shape index (κ3) is 12.5. The van der Waals surface area contributed by atoms with E-state index in [1.54, 1.807) is 19.9 Å². The van der Waals surface area contributed by atoms with Gasteiger partial charge in [0.25, 0.3) is 0 Å². The predicted octanol–water partition coefficient (Wildman–Crippen LogP) is 6.53. The van der Waals surface area contributed by atoms with Crippen LogP contribution in [-0.4, -0.2) is 84.3 Å². The van der Waals surface area contributed by atoms with Crippen LogP contribution in [0.2, 0.25) is 0 Å². The van der Waals surface area contributed by atoms with Crippen LogP contribution in [0.5, 0.6) is 0 Å². The normalized spacial score (nSPS) is 16.7. The highest BCUT2D eigenvalue weighted by Gasteiger charge is 2.39. The van der Waals surface area contributed by atoms with Gasteiger partial charge in [-0.1, -0.05) is 135 Å². The van der Waals surface area contributed by atoms with Crippen LogP contribution in [0.3, 0.4) is 0 Å². The number of ketones is 2. The molecule has 0 fully saturated rings. The van der Waals surface area contributed by atoms with Crippen molar-refractivity contribution in [3.63, 3.8) is 0 Å². The molecule has 0 aromatic heterocycles. The lowest BCUT2D eigenvalue weighted by molar-refractivity contribution is -0.145. The van der Waals surface area contributed by atoms with Gasteiger partial charge in [0, 0.05) is 45.1 Å². The Morgan fingerprint density at radius 2 is 1.28 bits per heavy atom. The highest BCUT2D eigenvalue weighted by Crippen LogP contribution is 2.37. The Labute approximate surface area is 415 Å². The second kappa shape index (κ2) is 23.7. The third-order valence-electron chi connectivity index (χ3n) is 13.2. The molecule has 0 spiro atoms. The lowest BCUT2D eigenvalue weighted by Crippen LogP contribution is -2.54. The number of carbonyl (C=O) groups is 8. The highest BCUT2D eigenvalue weighted by molar-refractivity contribution is 5.98. The van der Waals surface area contributed by atoms with Gasteiger partial charge in [0.05, 0.1) is 19.6 Å². The fraction of sp³-hybridized carbons (Fsp3) is 0.333. The van der Waals surface area contributed by atoms with E-state index in [1.165, 1.54) is 26.0 Å². The molecular weight excluding hydrogens is 899 g/mol. The Morgan fingerprint density at radius 1 is 0.732 bits per heavy atom. The number of fused-ring (bicyclic) bond motifs is 5. The number of nitrogens with zero attached hydrogens (tertiary/aromatic N) is 1. The molecule has 1 aliphatic heterocycles. The number of carbonyl (C=O) groups excluding carboxylic acids is 8. The van der Waals surface area contributed by atoms with Gasteiger partial charge in [0.1, 0.15) is 23.7 Å². The van der Waals surface area contributed by atoms with Crippen LogP contribution in [0, 0.1) is 19.8 Å². The van der Waals surface area contributed by atoms with Gasteiger partial charge in [0.2, 0.25) is 29.5 Å². The molecule has 1 aliphatic rings. The SMILES string of the molecule is CCC(=O)N[C@H](CC(=O)NC(c1ccccc1)(c1ccccc1)c1ccccc1)C(=O)N[C@H](C)C(=O)CCC(=O)N(C)[C@@H]1C(=O)C[C@@H](C)C(=O)N[C@H](C(=O)OC)Cc2ccc(C)c(c2)-c2cc1ccc2C. The number of likely N-dealkylation sites (N-methyl/N-ethyl adjacent to an activating group) is 1. The number of esters is 1.